The molecule has 0 spiro atoms. The molecule has 1 aromatic heterocycles. The minimum atomic E-state index is -1.15. The van der Waals surface area contributed by atoms with Gasteiger partial charge >= 0.3 is 5.97 Å². The van der Waals surface area contributed by atoms with Gasteiger partial charge in [0.1, 0.15) is 12.1 Å². The zero-order valence-corrected chi connectivity index (χ0v) is 11.1. The Morgan fingerprint density at radius 2 is 2.05 bits per heavy atom. The van der Waals surface area contributed by atoms with Crippen molar-refractivity contribution in [2.45, 2.75) is 33.1 Å². The fourth-order valence-electron chi connectivity index (χ4n) is 1.84. The van der Waals surface area contributed by atoms with Crippen LogP contribution in [0.3, 0.4) is 0 Å². The Morgan fingerprint density at radius 3 is 2.58 bits per heavy atom. The lowest BCUT2D eigenvalue weighted by Gasteiger charge is -2.09. The van der Waals surface area contributed by atoms with E-state index in [1.807, 2.05) is 13.8 Å². The molecule has 0 saturated carbocycles. The highest BCUT2D eigenvalue weighted by Crippen LogP contribution is 2.09. The maximum atomic E-state index is 11.8. The van der Waals surface area contributed by atoms with Crippen molar-refractivity contribution < 1.29 is 14.7 Å². The van der Waals surface area contributed by atoms with Crippen molar-refractivity contribution in [3.63, 3.8) is 0 Å². The molecule has 0 unspecified atom stereocenters. The van der Waals surface area contributed by atoms with E-state index in [2.05, 4.69) is 10.3 Å². The summed E-state index contributed by atoms with van der Waals surface area (Å²) in [7, 11) is 0. The van der Waals surface area contributed by atoms with Crippen molar-refractivity contribution in [1.82, 2.24) is 10.3 Å². The van der Waals surface area contributed by atoms with Crippen LogP contribution in [0.15, 0.2) is 10.9 Å². The van der Waals surface area contributed by atoms with Crippen LogP contribution in [0.25, 0.3) is 0 Å². The van der Waals surface area contributed by atoms with Gasteiger partial charge in [0, 0.05) is 5.69 Å². The monoisotopic (exact) mass is 266 g/mol. The van der Waals surface area contributed by atoms with Crippen LogP contribution in [0.4, 0.5) is 0 Å². The van der Waals surface area contributed by atoms with Crippen LogP contribution in [0.1, 0.15) is 41.9 Å². The first kappa shape index (κ1) is 14.9. The third kappa shape index (κ3) is 3.94. The number of H-pyrrole nitrogens is 1. The molecule has 6 nitrogen and oxygen atoms in total. The summed E-state index contributed by atoms with van der Waals surface area (Å²) in [5.41, 5.74) is 1.22. The van der Waals surface area contributed by atoms with Gasteiger partial charge in [0.25, 0.3) is 11.5 Å². The molecule has 0 atom stereocenters. The second-order valence-corrected chi connectivity index (χ2v) is 4.20. The Morgan fingerprint density at radius 1 is 1.37 bits per heavy atom. The van der Waals surface area contributed by atoms with Gasteiger partial charge in [0.15, 0.2) is 0 Å². The lowest BCUT2D eigenvalue weighted by atomic mass is 10.0. The van der Waals surface area contributed by atoms with Crippen molar-refractivity contribution in [2.75, 3.05) is 6.54 Å². The van der Waals surface area contributed by atoms with Gasteiger partial charge in [-0.1, -0.05) is 20.3 Å². The average Bonchev–Trinajstić information content (AvgIpc) is 2.37. The molecule has 19 heavy (non-hydrogen) atoms. The number of aliphatic carboxylic acids is 1. The van der Waals surface area contributed by atoms with Crippen LogP contribution in [-0.4, -0.2) is 28.5 Å². The van der Waals surface area contributed by atoms with Gasteiger partial charge in [0.05, 0.1) is 0 Å². The highest BCUT2D eigenvalue weighted by molar-refractivity contribution is 5.95. The molecule has 0 saturated heterocycles. The number of nitrogens with one attached hydrogen (secondary N) is 2. The zero-order valence-electron chi connectivity index (χ0n) is 11.1. The highest BCUT2D eigenvalue weighted by Gasteiger charge is 2.14. The SMILES string of the molecule is CCCc1cc(C(=O)NCC(=O)O)c(=O)[nH]c1CC. The van der Waals surface area contributed by atoms with E-state index in [0.717, 1.165) is 24.1 Å². The standard InChI is InChI=1S/C13H18N2O4/c1-3-5-8-6-9(12(18)14-7-11(16)17)13(19)15-10(8)4-2/h6H,3-5,7H2,1-2H3,(H,14,18)(H,15,19)(H,16,17). The van der Waals surface area contributed by atoms with E-state index in [1.165, 1.54) is 0 Å². The number of rotatable bonds is 6. The number of pyridine rings is 1. The largest absolute Gasteiger partial charge is 0.480 e. The number of hydrogen-bond acceptors (Lipinski definition) is 3. The van der Waals surface area contributed by atoms with E-state index in [4.69, 9.17) is 5.11 Å². The molecule has 0 bridgehead atoms. The molecule has 104 valence electrons. The summed E-state index contributed by atoms with van der Waals surface area (Å²) in [6.07, 6.45) is 2.34. The number of carbonyl (C=O) groups excluding carboxylic acids is 1. The van der Waals surface area contributed by atoms with Crippen molar-refractivity contribution in [3.05, 3.63) is 33.2 Å². The number of carboxylic acids is 1. The summed E-state index contributed by atoms with van der Waals surface area (Å²) < 4.78 is 0. The first-order chi connectivity index (χ1) is 8.99. The fraction of sp³-hybridized carbons (Fsp3) is 0.462. The number of hydrogen-bond donors (Lipinski definition) is 3. The van der Waals surface area contributed by atoms with Gasteiger partial charge < -0.3 is 15.4 Å². The van der Waals surface area contributed by atoms with Gasteiger partial charge in [-0.3, -0.25) is 14.4 Å². The Balaban J connectivity index is 3.06. The van der Waals surface area contributed by atoms with Crippen LogP contribution in [0.5, 0.6) is 0 Å². The number of aromatic nitrogens is 1. The summed E-state index contributed by atoms with van der Waals surface area (Å²) in [5, 5.41) is 10.7. The Bertz CT molecular complexity index is 534. The number of amides is 1. The fourth-order valence-corrected chi connectivity index (χ4v) is 1.84. The summed E-state index contributed by atoms with van der Waals surface area (Å²) in [6.45, 7) is 3.43. The van der Waals surface area contributed by atoms with Gasteiger partial charge in [-0.2, -0.15) is 0 Å². The van der Waals surface area contributed by atoms with E-state index in [0.29, 0.717) is 6.42 Å². The Labute approximate surface area is 110 Å². The number of carboxylic acid groups (broad SMARTS) is 1. The molecule has 1 rings (SSSR count). The molecule has 6 heteroatoms. The first-order valence-electron chi connectivity index (χ1n) is 6.24. The lowest BCUT2D eigenvalue weighted by molar-refractivity contribution is -0.135. The molecular weight excluding hydrogens is 248 g/mol. The van der Waals surface area contributed by atoms with Crippen LogP contribution in [0.2, 0.25) is 0 Å². The van der Waals surface area contributed by atoms with Crippen LogP contribution >= 0.6 is 0 Å². The first-order valence-corrected chi connectivity index (χ1v) is 6.24. The van der Waals surface area contributed by atoms with E-state index >= 15 is 0 Å². The summed E-state index contributed by atoms with van der Waals surface area (Å²) in [4.78, 5) is 36.6. The van der Waals surface area contributed by atoms with E-state index in [9.17, 15) is 14.4 Å². The van der Waals surface area contributed by atoms with E-state index in [1.54, 1.807) is 6.07 Å². The minimum Gasteiger partial charge on any atom is -0.480 e. The molecule has 1 heterocycles. The second kappa shape index (κ2) is 6.72. The minimum absolute atomic E-state index is 0.0399. The predicted octanol–water partition coefficient (Wildman–Crippen LogP) is 0.704. The van der Waals surface area contributed by atoms with Crippen LogP contribution in [0, 0.1) is 0 Å². The highest BCUT2D eigenvalue weighted by atomic mass is 16.4. The molecule has 1 amide bonds. The molecule has 0 aromatic carbocycles. The van der Waals surface area contributed by atoms with E-state index < -0.39 is 24.0 Å². The zero-order chi connectivity index (χ0) is 14.4. The molecule has 0 aliphatic heterocycles. The van der Waals surface area contributed by atoms with Crippen molar-refractivity contribution >= 4 is 11.9 Å². The predicted molar refractivity (Wildman–Crippen MR) is 70.4 cm³/mol. The normalized spacial score (nSPS) is 10.2. The number of aromatic amines is 1. The maximum absolute atomic E-state index is 11.8. The third-order valence-electron chi connectivity index (χ3n) is 2.73. The topological polar surface area (TPSA) is 99.3 Å². The lowest BCUT2D eigenvalue weighted by Crippen LogP contribution is -2.33. The van der Waals surface area contributed by atoms with Gasteiger partial charge in [-0.25, -0.2) is 0 Å². The van der Waals surface area contributed by atoms with Crippen molar-refractivity contribution in [1.29, 1.82) is 0 Å². The smallest absolute Gasteiger partial charge is 0.322 e. The molecule has 1 aromatic rings. The second-order valence-electron chi connectivity index (χ2n) is 4.20. The molecule has 0 aliphatic rings. The van der Waals surface area contributed by atoms with Gasteiger partial charge in [0.2, 0.25) is 0 Å². The summed E-state index contributed by atoms with van der Waals surface area (Å²) in [5.74, 6) is -1.81. The van der Waals surface area contributed by atoms with Gasteiger partial charge in [-0.15, -0.1) is 0 Å². The summed E-state index contributed by atoms with van der Waals surface area (Å²) in [6, 6.07) is 1.55. The molecule has 3 N–H and O–H groups in total. The van der Waals surface area contributed by atoms with Crippen molar-refractivity contribution in [2.24, 2.45) is 0 Å². The maximum Gasteiger partial charge on any atom is 0.322 e. The van der Waals surface area contributed by atoms with Crippen LogP contribution < -0.4 is 10.9 Å². The molecular formula is C13H18N2O4. The molecule has 0 radical (unpaired) electrons. The summed E-state index contributed by atoms with van der Waals surface area (Å²) >= 11 is 0. The molecule has 0 aliphatic carbocycles. The Hall–Kier alpha value is -2.11. The Kier molecular flexibility index (Phi) is 5.29. The number of carbonyl (C=O) groups is 2. The van der Waals surface area contributed by atoms with Gasteiger partial charge in [-0.05, 0) is 24.5 Å². The average molecular weight is 266 g/mol. The number of aryl methyl sites for hydroxylation is 2. The van der Waals surface area contributed by atoms with Crippen molar-refractivity contribution in [3.8, 4) is 0 Å². The molecule has 0 fully saturated rings. The quantitative estimate of drug-likeness (QED) is 0.705. The third-order valence-corrected chi connectivity index (χ3v) is 2.73. The van der Waals surface area contributed by atoms with Crippen LogP contribution in [-0.2, 0) is 17.6 Å². The van der Waals surface area contributed by atoms with E-state index in [-0.39, 0.29) is 5.56 Å².